The smallest absolute Gasteiger partial charge is 0.225 e. The number of rotatable bonds is 5. The fourth-order valence-corrected chi connectivity index (χ4v) is 2.88. The number of nitrogens with zero attached hydrogens (tertiary/aromatic N) is 5. The number of nitrogens with one attached hydrogen (secondary N) is 1. The average molecular weight is 392 g/mol. The summed E-state index contributed by atoms with van der Waals surface area (Å²) in [6.07, 6.45) is 3.61. The Morgan fingerprint density at radius 2 is 1.93 bits per heavy atom. The number of pyridine rings is 1. The zero-order chi connectivity index (χ0) is 20.4. The van der Waals surface area contributed by atoms with Crippen molar-refractivity contribution in [1.82, 2.24) is 15.0 Å². The molecule has 7 nitrogen and oxygen atoms in total. The second-order valence-corrected chi connectivity index (χ2v) is 6.85. The number of aryl methyl sites for hydroxylation is 1. The maximum absolute atomic E-state index is 13.0. The van der Waals surface area contributed by atoms with E-state index in [0.29, 0.717) is 24.1 Å². The highest BCUT2D eigenvalue weighted by molar-refractivity contribution is 5.83. The third-order valence-electron chi connectivity index (χ3n) is 4.69. The lowest BCUT2D eigenvalue weighted by Gasteiger charge is -2.28. The van der Waals surface area contributed by atoms with E-state index in [9.17, 15) is 4.39 Å². The Balaban J connectivity index is 1.42. The van der Waals surface area contributed by atoms with Crippen LogP contribution in [0.4, 0.5) is 21.8 Å². The molecule has 0 fully saturated rings. The molecule has 0 spiro atoms. The summed E-state index contributed by atoms with van der Waals surface area (Å²) in [6.45, 7) is 4.51. The summed E-state index contributed by atoms with van der Waals surface area (Å²) in [5.74, 6) is 2.03. The Morgan fingerprint density at radius 1 is 1.14 bits per heavy atom. The predicted octanol–water partition coefficient (Wildman–Crippen LogP) is 4.26. The van der Waals surface area contributed by atoms with Gasteiger partial charge in [-0.05, 0) is 43.7 Å². The van der Waals surface area contributed by atoms with E-state index in [-0.39, 0.29) is 11.9 Å². The topological polar surface area (TPSA) is 75.5 Å². The molecule has 8 heteroatoms. The van der Waals surface area contributed by atoms with Gasteiger partial charge in [-0.25, -0.2) is 14.4 Å². The van der Waals surface area contributed by atoms with Crippen molar-refractivity contribution in [2.45, 2.75) is 26.4 Å². The first-order valence-corrected chi connectivity index (χ1v) is 9.27. The minimum absolute atomic E-state index is 0.183. The van der Waals surface area contributed by atoms with Gasteiger partial charge in [-0.15, -0.1) is 0 Å². The maximum atomic E-state index is 13.0. The Morgan fingerprint density at radius 3 is 2.66 bits per heavy atom. The zero-order valence-electron chi connectivity index (χ0n) is 16.4. The molecule has 4 rings (SSSR count). The van der Waals surface area contributed by atoms with E-state index in [2.05, 4.69) is 37.1 Å². The SMILES string of the molecule is Cc1nc(NCc2ccc(Oc3ccc(F)cc3)nc2)nc2c1N=C[C@H](C)N2C. The van der Waals surface area contributed by atoms with E-state index < -0.39 is 0 Å². The first-order valence-electron chi connectivity index (χ1n) is 9.27. The molecule has 1 aliphatic heterocycles. The molecule has 148 valence electrons. The first-order chi connectivity index (χ1) is 14.0. The number of hydrogen-bond acceptors (Lipinski definition) is 7. The molecule has 3 heterocycles. The maximum Gasteiger partial charge on any atom is 0.225 e. The quantitative estimate of drug-likeness (QED) is 0.699. The van der Waals surface area contributed by atoms with Crippen molar-refractivity contribution in [1.29, 1.82) is 0 Å². The van der Waals surface area contributed by atoms with Crippen LogP contribution in [0, 0.1) is 12.7 Å². The van der Waals surface area contributed by atoms with Gasteiger partial charge in [0.2, 0.25) is 11.8 Å². The third kappa shape index (κ3) is 4.16. The summed E-state index contributed by atoms with van der Waals surface area (Å²) < 4.78 is 18.6. The lowest BCUT2D eigenvalue weighted by molar-refractivity contribution is 0.461. The molecule has 0 unspecified atom stereocenters. The molecule has 0 radical (unpaired) electrons. The van der Waals surface area contributed by atoms with Crippen LogP contribution >= 0.6 is 0 Å². The molecule has 0 bridgehead atoms. The van der Waals surface area contributed by atoms with Crippen molar-refractivity contribution in [3.8, 4) is 11.6 Å². The van der Waals surface area contributed by atoms with Gasteiger partial charge in [-0.1, -0.05) is 6.07 Å². The van der Waals surface area contributed by atoms with E-state index >= 15 is 0 Å². The second kappa shape index (κ2) is 7.83. The molecule has 1 N–H and O–H groups in total. The van der Waals surface area contributed by atoms with Gasteiger partial charge >= 0.3 is 0 Å². The van der Waals surface area contributed by atoms with Gasteiger partial charge in [-0.3, -0.25) is 4.99 Å². The Kier molecular flexibility index (Phi) is 5.07. The largest absolute Gasteiger partial charge is 0.439 e. The monoisotopic (exact) mass is 392 g/mol. The van der Waals surface area contributed by atoms with Crippen molar-refractivity contribution in [2.24, 2.45) is 4.99 Å². The predicted molar refractivity (Wildman–Crippen MR) is 111 cm³/mol. The van der Waals surface area contributed by atoms with Crippen LogP contribution in [-0.2, 0) is 6.54 Å². The first kappa shape index (κ1) is 18.8. The second-order valence-electron chi connectivity index (χ2n) is 6.85. The van der Waals surface area contributed by atoms with E-state index in [1.54, 1.807) is 24.4 Å². The summed E-state index contributed by atoms with van der Waals surface area (Å²) in [5.41, 5.74) is 2.59. The molecule has 2 aromatic heterocycles. The third-order valence-corrected chi connectivity index (χ3v) is 4.69. The molecule has 0 saturated carbocycles. The summed E-state index contributed by atoms with van der Waals surface area (Å²) in [6, 6.07) is 9.66. The molecule has 1 atom stereocenters. The lowest BCUT2D eigenvalue weighted by atomic mass is 10.2. The van der Waals surface area contributed by atoms with Crippen LogP contribution in [0.1, 0.15) is 18.2 Å². The zero-order valence-corrected chi connectivity index (χ0v) is 16.4. The van der Waals surface area contributed by atoms with E-state index in [4.69, 9.17) is 4.74 Å². The fourth-order valence-electron chi connectivity index (χ4n) is 2.88. The standard InChI is InChI=1S/C21H21FN6O/c1-13-10-24-19-14(2)26-21(27-20(19)28(13)3)25-12-15-4-9-18(23-11-15)29-17-7-5-16(22)6-8-17/h4-11,13H,12H2,1-3H3,(H,25,26,27)/t13-/m0/s1. The van der Waals surface area contributed by atoms with Crippen molar-refractivity contribution >= 4 is 23.7 Å². The van der Waals surface area contributed by atoms with Crippen LogP contribution < -0.4 is 15.0 Å². The van der Waals surface area contributed by atoms with Crippen LogP contribution in [0.25, 0.3) is 0 Å². The van der Waals surface area contributed by atoms with Crippen molar-refractivity contribution in [2.75, 3.05) is 17.3 Å². The minimum Gasteiger partial charge on any atom is -0.439 e. The van der Waals surface area contributed by atoms with Crippen molar-refractivity contribution in [3.05, 3.63) is 59.7 Å². The van der Waals surface area contributed by atoms with Gasteiger partial charge in [0.05, 0.1) is 11.7 Å². The average Bonchev–Trinajstić information content (AvgIpc) is 2.72. The van der Waals surface area contributed by atoms with Gasteiger partial charge < -0.3 is 15.0 Å². The van der Waals surface area contributed by atoms with Crippen LogP contribution in [0.5, 0.6) is 11.6 Å². The molecule has 1 aromatic carbocycles. The minimum atomic E-state index is -0.307. The van der Waals surface area contributed by atoms with Crippen LogP contribution in [0.15, 0.2) is 47.6 Å². The molecule has 0 aliphatic carbocycles. The normalized spacial score (nSPS) is 15.2. The molecule has 3 aromatic rings. The number of aromatic nitrogens is 3. The number of anilines is 2. The van der Waals surface area contributed by atoms with Gasteiger partial charge in [-0.2, -0.15) is 4.98 Å². The molecule has 0 saturated heterocycles. The fraction of sp³-hybridized carbons (Fsp3) is 0.238. The van der Waals surface area contributed by atoms with Gasteiger partial charge in [0.1, 0.15) is 17.3 Å². The van der Waals surface area contributed by atoms with Gasteiger partial charge in [0.25, 0.3) is 0 Å². The van der Waals surface area contributed by atoms with E-state index in [1.807, 2.05) is 26.3 Å². The van der Waals surface area contributed by atoms with Crippen LogP contribution in [-0.4, -0.2) is 34.3 Å². The number of halogens is 1. The molecule has 1 aliphatic rings. The Bertz CT molecular complexity index is 1040. The Labute approximate surface area is 168 Å². The summed E-state index contributed by atoms with van der Waals surface area (Å²) in [5, 5.41) is 3.24. The number of ether oxygens (including phenoxy) is 1. The number of benzene rings is 1. The molecular formula is C21H21FN6O. The molecule has 0 amide bonds. The summed E-state index contributed by atoms with van der Waals surface area (Å²) in [4.78, 5) is 20.0. The molecular weight excluding hydrogens is 371 g/mol. The highest BCUT2D eigenvalue weighted by Gasteiger charge is 2.21. The van der Waals surface area contributed by atoms with E-state index in [0.717, 1.165) is 22.8 Å². The number of hydrogen-bond donors (Lipinski definition) is 1. The van der Waals surface area contributed by atoms with E-state index in [1.165, 1.54) is 12.1 Å². The van der Waals surface area contributed by atoms with Crippen LogP contribution in [0.3, 0.4) is 0 Å². The van der Waals surface area contributed by atoms with Gasteiger partial charge in [0.15, 0.2) is 5.82 Å². The summed E-state index contributed by atoms with van der Waals surface area (Å²) in [7, 11) is 1.99. The van der Waals surface area contributed by atoms with Crippen LogP contribution in [0.2, 0.25) is 0 Å². The summed E-state index contributed by atoms with van der Waals surface area (Å²) >= 11 is 0. The molecule has 29 heavy (non-hydrogen) atoms. The highest BCUT2D eigenvalue weighted by atomic mass is 19.1. The van der Waals surface area contributed by atoms with Gasteiger partial charge in [0, 0.05) is 32.1 Å². The highest BCUT2D eigenvalue weighted by Crippen LogP contribution is 2.33. The van der Waals surface area contributed by atoms with Crippen molar-refractivity contribution in [3.63, 3.8) is 0 Å². The lowest BCUT2D eigenvalue weighted by Crippen LogP contribution is -2.33. The number of aliphatic imine (C=N–C) groups is 1. The van der Waals surface area contributed by atoms with Crippen molar-refractivity contribution < 1.29 is 9.13 Å². The number of fused-ring (bicyclic) bond motifs is 1. The Hall–Kier alpha value is -3.55.